The highest BCUT2D eigenvalue weighted by Gasteiger charge is 2.66. The number of aliphatic hydroxyl groups is 2. The summed E-state index contributed by atoms with van der Waals surface area (Å²) in [7, 11) is 0. The van der Waals surface area contributed by atoms with Crippen LogP contribution < -0.4 is 0 Å². The zero-order chi connectivity index (χ0) is 18.2. The van der Waals surface area contributed by atoms with Crippen LogP contribution in [0.2, 0.25) is 0 Å². The van der Waals surface area contributed by atoms with E-state index in [0.717, 1.165) is 31.3 Å². The van der Waals surface area contributed by atoms with Crippen LogP contribution in [0.25, 0.3) is 0 Å². The second-order valence-corrected chi connectivity index (χ2v) is 9.52. The second kappa shape index (κ2) is 5.26. The van der Waals surface area contributed by atoms with Gasteiger partial charge in [-0.3, -0.25) is 9.59 Å². The summed E-state index contributed by atoms with van der Waals surface area (Å²) in [5, 5.41) is 22.0. The highest BCUT2D eigenvalue weighted by atomic mass is 16.3. The molecule has 4 nitrogen and oxygen atoms in total. The Kier molecular flexibility index (Phi) is 3.66. The number of hydrogen-bond donors (Lipinski definition) is 2. The van der Waals surface area contributed by atoms with Crippen molar-refractivity contribution in [1.82, 2.24) is 0 Å². The lowest BCUT2D eigenvalue weighted by molar-refractivity contribution is -0.162. The van der Waals surface area contributed by atoms with Gasteiger partial charge in [0.25, 0.3) is 0 Å². The molecule has 138 valence electrons. The standard InChI is InChI=1S/C21H30O4/c1-12(22)21(25)9-6-16-14-11-18(24)17-10-13(23)4-7-19(17,2)15(14)5-8-20(16,21)3/h10,14-16,18,24-25H,4-9,11H2,1-3H3. The van der Waals surface area contributed by atoms with Gasteiger partial charge in [0.05, 0.1) is 6.10 Å². The van der Waals surface area contributed by atoms with Crippen LogP contribution in [0.3, 0.4) is 0 Å². The van der Waals surface area contributed by atoms with Gasteiger partial charge in [-0.2, -0.15) is 0 Å². The first-order valence-corrected chi connectivity index (χ1v) is 9.80. The summed E-state index contributed by atoms with van der Waals surface area (Å²) in [6.07, 6.45) is 6.39. The number of carbonyl (C=O) groups is 2. The maximum atomic E-state index is 12.2. The van der Waals surface area contributed by atoms with E-state index in [1.807, 2.05) is 0 Å². The van der Waals surface area contributed by atoms with E-state index >= 15 is 0 Å². The quantitative estimate of drug-likeness (QED) is 0.766. The molecule has 0 aliphatic heterocycles. The van der Waals surface area contributed by atoms with Crippen molar-refractivity contribution in [2.45, 2.75) is 77.4 Å². The second-order valence-electron chi connectivity index (χ2n) is 9.52. The summed E-state index contributed by atoms with van der Waals surface area (Å²) in [6.45, 7) is 5.83. The Hall–Kier alpha value is -1.00. The summed E-state index contributed by atoms with van der Waals surface area (Å²) >= 11 is 0. The minimum absolute atomic E-state index is 0.109. The number of Topliss-reactive ketones (excluding diaryl/α,β-unsaturated/α-hetero) is 1. The topological polar surface area (TPSA) is 74.6 Å². The summed E-state index contributed by atoms with van der Waals surface area (Å²) in [5.41, 5.74) is -0.780. The van der Waals surface area contributed by atoms with Gasteiger partial charge in [-0.25, -0.2) is 0 Å². The summed E-state index contributed by atoms with van der Waals surface area (Å²) in [5.74, 6) is 1.05. The van der Waals surface area contributed by atoms with E-state index in [2.05, 4.69) is 13.8 Å². The normalized spacial score (nSPS) is 52.0. The molecule has 4 heteroatoms. The van der Waals surface area contributed by atoms with Crippen LogP contribution in [-0.4, -0.2) is 33.5 Å². The van der Waals surface area contributed by atoms with Crippen LogP contribution in [0.15, 0.2) is 11.6 Å². The van der Waals surface area contributed by atoms with E-state index < -0.39 is 11.7 Å². The van der Waals surface area contributed by atoms with Crippen molar-refractivity contribution >= 4 is 11.6 Å². The van der Waals surface area contributed by atoms with Crippen molar-refractivity contribution in [3.8, 4) is 0 Å². The smallest absolute Gasteiger partial charge is 0.161 e. The molecule has 0 aromatic carbocycles. The first kappa shape index (κ1) is 17.4. The van der Waals surface area contributed by atoms with Crippen molar-refractivity contribution in [1.29, 1.82) is 0 Å². The van der Waals surface area contributed by atoms with E-state index in [1.54, 1.807) is 6.08 Å². The fraction of sp³-hybridized carbons (Fsp3) is 0.810. The molecule has 3 fully saturated rings. The molecular weight excluding hydrogens is 316 g/mol. The van der Waals surface area contributed by atoms with Crippen LogP contribution in [0.5, 0.6) is 0 Å². The molecule has 0 aromatic rings. The van der Waals surface area contributed by atoms with Gasteiger partial charge in [0, 0.05) is 11.8 Å². The third-order valence-corrected chi connectivity index (χ3v) is 8.71. The van der Waals surface area contributed by atoms with Crippen molar-refractivity contribution in [2.75, 3.05) is 0 Å². The highest BCUT2D eigenvalue weighted by Crippen LogP contribution is 2.67. The van der Waals surface area contributed by atoms with Crippen LogP contribution in [0, 0.1) is 28.6 Å². The maximum Gasteiger partial charge on any atom is 0.161 e. The summed E-state index contributed by atoms with van der Waals surface area (Å²) < 4.78 is 0. The van der Waals surface area contributed by atoms with E-state index in [9.17, 15) is 19.8 Å². The van der Waals surface area contributed by atoms with Gasteiger partial charge in [0.2, 0.25) is 0 Å². The number of rotatable bonds is 1. The Balaban J connectivity index is 1.73. The van der Waals surface area contributed by atoms with Crippen molar-refractivity contribution in [3.63, 3.8) is 0 Å². The lowest BCUT2D eigenvalue weighted by atomic mass is 9.46. The zero-order valence-electron chi connectivity index (χ0n) is 15.5. The third-order valence-electron chi connectivity index (χ3n) is 8.71. The largest absolute Gasteiger partial charge is 0.389 e. The number of hydrogen-bond acceptors (Lipinski definition) is 4. The van der Waals surface area contributed by atoms with Crippen LogP contribution in [0.4, 0.5) is 0 Å². The minimum Gasteiger partial charge on any atom is -0.389 e. The Labute approximate surface area is 149 Å². The summed E-state index contributed by atoms with van der Waals surface area (Å²) in [6, 6.07) is 0. The molecule has 0 heterocycles. The lowest BCUT2D eigenvalue weighted by Crippen LogP contribution is -2.58. The molecule has 4 aliphatic rings. The van der Waals surface area contributed by atoms with Crippen molar-refractivity contribution in [2.24, 2.45) is 28.6 Å². The monoisotopic (exact) mass is 346 g/mol. The average Bonchev–Trinajstić information content (AvgIpc) is 2.83. The molecule has 0 radical (unpaired) electrons. The van der Waals surface area contributed by atoms with Crippen LogP contribution in [-0.2, 0) is 9.59 Å². The molecule has 4 rings (SSSR count). The molecule has 0 amide bonds. The van der Waals surface area contributed by atoms with Gasteiger partial charge >= 0.3 is 0 Å². The van der Waals surface area contributed by atoms with Gasteiger partial charge in [-0.15, -0.1) is 0 Å². The highest BCUT2D eigenvalue weighted by molar-refractivity contribution is 5.92. The number of aliphatic hydroxyl groups excluding tert-OH is 1. The van der Waals surface area contributed by atoms with Crippen LogP contribution >= 0.6 is 0 Å². The van der Waals surface area contributed by atoms with Gasteiger partial charge in [-0.1, -0.05) is 13.8 Å². The molecule has 7 unspecified atom stereocenters. The van der Waals surface area contributed by atoms with Gasteiger partial charge in [-0.05, 0) is 80.3 Å². The first-order chi connectivity index (χ1) is 11.6. The molecule has 4 aliphatic carbocycles. The Morgan fingerprint density at radius 3 is 2.52 bits per heavy atom. The lowest BCUT2D eigenvalue weighted by Gasteiger charge is -2.59. The summed E-state index contributed by atoms with van der Waals surface area (Å²) in [4.78, 5) is 24.1. The Bertz CT molecular complexity index is 667. The van der Waals surface area contributed by atoms with E-state index in [-0.39, 0.29) is 28.3 Å². The molecule has 0 spiro atoms. The molecule has 2 N–H and O–H groups in total. The molecule has 7 atom stereocenters. The molecule has 3 saturated carbocycles. The first-order valence-electron chi connectivity index (χ1n) is 9.80. The van der Waals surface area contributed by atoms with Gasteiger partial charge < -0.3 is 10.2 Å². The molecule has 25 heavy (non-hydrogen) atoms. The molecule has 0 aromatic heterocycles. The van der Waals surface area contributed by atoms with Crippen molar-refractivity contribution < 1.29 is 19.8 Å². The third kappa shape index (κ3) is 2.07. The predicted molar refractivity (Wildman–Crippen MR) is 93.7 cm³/mol. The fourth-order valence-electron chi connectivity index (χ4n) is 7.20. The molecule has 0 bridgehead atoms. The number of fused-ring (bicyclic) bond motifs is 5. The maximum absolute atomic E-state index is 12.2. The fourth-order valence-corrected chi connectivity index (χ4v) is 7.20. The molecule has 0 saturated heterocycles. The Morgan fingerprint density at radius 1 is 1.16 bits per heavy atom. The van der Waals surface area contributed by atoms with E-state index in [0.29, 0.717) is 31.1 Å². The van der Waals surface area contributed by atoms with E-state index in [4.69, 9.17) is 0 Å². The Morgan fingerprint density at radius 2 is 1.84 bits per heavy atom. The SMILES string of the molecule is CC(=O)C1(O)CCC2C3CC(O)C4=CC(=O)CCC4(C)C3CCC21C. The predicted octanol–water partition coefficient (Wildman–Crippen LogP) is 2.81. The van der Waals surface area contributed by atoms with Crippen molar-refractivity contribution in [3.05, 3.63) is 11.6 Å². The zero-order valence-corrected chi connectivity index (χ0v) is 15.5. The number of ketones is 2. The van der Waals surface area contributed by atoms with Crippen LogP contribution in [0.1, 0.15) is 65.7 Å². The number of carbonyl (C=O) groups excluding carboxylic acids is 2. The average molecular weight is 346 g/mol. The minimum atomic E-state index is -1.22. The van der Waals surface area contributed by atoms with Gasteiger partial charge in [0.15, 0.2) is 11.6 Å². The molecular formula is C21H30O4. The van der Waals surface area contributed by atoms with E-state index in [1.165, 1.54) is 6.92 Å². The van der Waals surface area contributed by atoms with Gasteiger partial charge in [0.1, 0.15) is 5.60 Å².